The number of hydrogen-bond acceptors (Lipinski definition) is 4. The Morgan fingerprint density at radius 3 is 2.43 bits per heavy atom. The van der Waals surface area contributed by atoms with Crippen molar-refractivity contribution < 1.29 is 14.0 Å². The molecule has 120 valence electrons. The Morgan fingerprint density at radius 2 is 1.83 bits per heavy atom. The molecule has 0 atom stereocenters. The Bertz CT molecular complexity index is 726. The highest BCUT2D eigenvalue weighted by atomic mass is 32.1. The Morgan fingerprint density at radius 1 is 1.13 bits per heavy atom. The summed E-state index contributed by atoms with van der Waals surface area (Å²) in [4.78, 5) is 23.4. The van der Waals surface area contributed by atoms with E-state index in [2.05, 4.69) is 16.0 Å². The molecule has 2 rings (SSSR count). The van der Waals surface area contributed by atoms with Gasteiger partial charge in [0.25, 0.3) is 5.91 Å². The predicted molar refractivity (Wildman–Crippen MR) is 92.5 cm³/mol. The van der Waals surface area contributed by atoms with Gasteiger partial charge in [-0.25, -0.2) is 0 Å². The lowest BCUT2D eigenvalue weighted by molar-refractivity contribution is -0.115. The van der Waals surface area contributed by atoms with Gasteiger partial charge in [-0.1, -0.05) is 13.0 Å². The first-order valence-electron chi connectivity index (χ1n) is 7.06. The number of carbonyl (C=O) groups excluding carboxylic acids is 2. The first-order chi connectivity index (χ1) is 11.0. The predicted octanol–water partition coefficient (Wildman–Crippen LogP) is 3.06. The molecule has 0 bridgehead atoms. The van der Waals surface area contributed by atoms with Crippen LogP contribution < -0.4 is 16.0 Å². The normalized spacial score (nSPS) is 10.0. The lowest BCUT2D eigenvalue weighted by atomic mass is 10.1. The van der Waals surface area contributed by atoms with E-state index >= 15 is 0 Å². The number of thiocarbonyl (C=S) groups is 1. The van der Waals surface area contributed by atoms with Crippen LogP contribution in [-0.2, 0) is 4.79 Å². The fourth-order valence-corrected chi connectivity index (χ4v) is 2.07. The van der Waals surface area contributed by atoms with Crippen molar-refractivity contribution in [2.24, 2.45) is 0 Å². The molecule has 0 spiro atoms. The summed E-state index contributed by atoms with van der Waals surface area (Å²) in [6, 6.07) is 8.57. The molecule has 0 saturated heterocycles. The maximum Gasteiger partial charge on any atom is 0.293 e. The minimum absolute atomic E-state index is 0.0704. The van der Waals surface area contributed by atoms with E-state index in [0.717, 1.165) is 5.56 Å². The summed E-state index contributed by atoms with van der Waals surface area (Å²) in [7, 11) is 0. The molecular formula is C16H17N3O3S. The third kappa shape index (κ3) is 4.40. The lowest BCUT2D eigenvalue weighted by Crippen LogP contribution is -2.34. The number of hydrogen-bond donors (Lipinski definition) is 3. The van der Waals surface area contributed by atoms with Crippen molar-refractivity contribution in [3.63, 3.8) is 0 Å². The highest BCUT2D eigenvalue weighted by molar-refractivity contribution is 7.80. The average molecular weight is 331 g/mol. The summed E-state index contributed by atoms with van der Waals surface area (Å²) >= 11 is 5.13. The number of amides is 2. The topological polar surface area (TPSA) is 83.4 Å². The average Bonchev–Trinajstić information content (AvgIpc) is 3.05. The number of rotatable bonds is 4. The van der Waals surface area contributed by atoms with E-state index < -0.39 is 5.91 Å². The summed E-state index contributed by atoms with van der Waals surface area (Å²) in [6.07, 6.45) is 1.81. The fraction of sp³-hybridized carbons (Fsp3) is 0.188. The van der Waals surface area contributed by atoms with Gasteiger partial charge in [0.05, 0.1) is 6.26 Å². The minimum atomic E-state index is -0.430. The van der Waals surface area contributed by atoms with Crippen molar-refractivity contribution in [2.75, 3.05) is 10.6 Å². The molecular weight excluding hydrogens is 314 g/mol. The van der Waals surface area contributed by atoms with Crippen LogP contribution in [0.15, 0.2) is 41.0 Å². The highest BCUT2D eigenvalue weighted by Gasteiger charge is 2.12. The highest BCUT2D eigenvalue weighted by Crippen LogP contribution is 2.23. The van der Waals surface area contributed by atoms with Gasteiger partial charge in [-0.05, 0) is 49.0 Å². The quantitative estimate of drug-likeness (QED) is 0.750. The van der Waals surface area contributed by atoms with Crippen LogP contribution in [0.5, 0.6) is 0 Å². The molecule has 3 N–H and O–H groups in total. The molecule has 0 fully saturated rings. The van der Waals surface area contributed by atoms with Crippen LogP contribution in [0.1, 0.15) is 29.5 Å². The first-order valence-corrected chi connectivity index (χ1v) is 7.47. The number of nitrogens with one attached hydrogen (secondary N) is 3. The molecule has 1 heterocycles. The van der Waals surface area contributed by atoms with E-state index in [9.17, 15) is 9.59 Å². The molecule has 2 aromatic rings. The van der Waals surface area contributed by atoms with Crippen LogP contribution in [0.4, 0.5) is 11.4 Å². The van der Waals surface area contributed by atoms with E-state index in [-0.39, 0.29) is 16.8 Å². The minimum Gasteiger partial charge on any atom is -0.459 e. The maximum absolute atomic E-state index is 11.9. The molecule has 0 aliphatic rings. The second kappa shape index (κ2) is 7.55. The van der Waals surface area contributed by atoms with Crippen molar-refractivity contribution in [1.29, 1.82) is 0 Å². The Hall–Kier alpha value is -2.67. The molecule has 23 heavy (non-hydrogen) atoms. The van der Waals surface area contributed by atoms with Crippen molar-refractivity contribution >= 4 is 40.5 Å². The Labute approximate surface area is 139 Å². The zero-order chi connectivity index (χ0) is 16.8. The molecule has 0 aliphatic carbocycles. The van der Waals surface area contributed by atoms with Gasteiger partial charge in [0, 0.05) is 17.8 Å². The zero-order valence-electron chi connectivity index (χ0n) is 12.8. The Balaban J connectivity index is 2.05. The second-order valence-electron chi connectivity index (χ2n) is 4.77. The lowest BCUT2D eigenvalue weighted by Gasteiger charge is -2.14. The monoisotopic (exact) mass is 331 g/mol. The number of furan rings is 1. The van der Waals surface area contributed by atoms with E-state index in [1.54, 1.807) is 31.2 Å². The van der Waals surface area contributed by atoms with Gasteiger partial charge in [0.2, 0.25) is 5.91 Å². The number of carbonyl (C=O) groups is 2. The summed E-state index contributed by atoms with van der Waals surface area (Å²) in [5.41, 5.74) is 2.22. The molecule has 7 heteroatoms. The van der Waals surface area contributed by atoms with E-state index in [1.165, 1.54) is 6.26 Å². The van der Waals surface area contributed by atoms with Crippen molar-refractivity contribution in [3.05, 3.63) is 47.9 Å². The molecule has 1 aromatic heterocycles. The van der Waals surface area contributed by atoms with Crippen LogP contribution in [0.25, 0.3) is 0 Å². The van der Waals surface area contributed by atoms with E-state index in [4.69, 9.17) is 16.6 Å². The van der Waals surface area contributed by atoms with Crippen LogP contribution in [0.3, 0.4) is 0 Å². The third-order valence-corrected chi connectivity index (χ3v) is 3.35. The van der Waals surface area contributed by atoms with Gasteiger partial charge in [-0.2, -0.15) is 0 Å². The van der Waals surface area contributed by atoms with Crippen LogP contribution in [-0.4, -0.2) is 16.9 Å². The molecule has 0 saturated carbocycles. The second-order valence-corrected chi connectivity index (χ2v) is 5.17. The number of anilines is 2. The van der Waals surface area contributed by atoms with Gasteiger partial charge in [0.15, 0.2) is 10.9 Å². The third-order valence-electron chi connectivity index (χ3n) is 3.15. The van der Waals surface area contributed by atoms with Crippen molar-refractivity contribution in [2.45, 2.75) is 20.3 Å². The van der Waals surface area contributed by atoms with Gasteiger partial charge < -0.3 is 15.1 Å². The summed E-state index contributed by atoms with van der Waals surface area (Å²) < 4.78 is 5.00. The van der Waals surface area contributed by atoms with Gasteiger partial charge in [-0.3, -0.25) is 14.9 Å². The molecule has 0 unspecified atom stereocenters. The van der Waals surface area contributed by atoms with Gasteiger partial charge in [-0.15, -0.1) is 0 Å². The standard InChI is InChI=1S/C16H17N3O3S/c1-3-14(20)17-11-6-4-7-12(10(11)2)18-16(23)19-15(21)13-8-5-9-22-13/h4-9H,3H2,1-2H3,(H,17,20)(H2,18,19,21,23). The molecule has 0 aliphatic heterocycles. The molecule has 0 radical (unpaired) electrons. The van der Waals surface area contributed by atoms with Gasteiger partial charge in [0.1, 0.15) is 0 Å². The maximum atomic E-state index is 11.9. The SMILES string of the molecule is CCC(=O)Nc1cccc(NC(=S)NC(=O)c2ccco2)c1C. The van der Waals surface area contributed by atoms with Crippen molar-refractivity contribution in [3.8, 4) is 0 Å². The van der Waals surface area contributed by atoms with Gasteiger partial charge >= 0.3 is 0 Å². The zero-order valence-corrected chi connectivity index (χ0v) is 13.6. The van der Waals surface area contributed by atoms with E-state index in [0.29, 0.717) is 17.8 Å². The molecule has 2 amide bonds. The first kappa shape index (κ1) is 16.7. The Kier molecular flexibility index (Phi) is 5.48. The summed E-state index contributed by atoms with van der Waals surface area (Å²) in [5.74, 6) is -0.325. The van der Waals surface area contributed by atoms with Crippen LogP contribution >= 0.6 is 12.2 Å². The smallest absolute Gasteiger partial charge is 0.293 e. The largest absolute Gasteiger partial charge is 0.459 e. The molecule has 1 aromatic carbocycles. The molecule has 6 nitrogen and oxygen atoms in total. The summed E-state index contributed by atoms with van der Waals surface area (Å²) in [5, 5.41) is 8.43. The van der Waals surface area contributed by atoms with Crippen LogP contribution in [0.2, 0.25) is 0 Å². The van der Waals surface area contributed by atoms with Crippen molar-refractivity contribution in [1.82, 2.24) is 5.32 Å². The fourth-order valence-electron chi connectivity index (χ4n) is 1.87. The summed E-state index contributed by atoms with van der Waals surface area (Å²) in [6.45, 7) is 3.64. The number of benzene rings is 1. The van der Waals surface area contributed by atoms with E-state index in [1.807, 2.05) is 13.0 Å². The van der Waals surface area contributed by atoms with Crippen LogP contribution in [0, 0.1) is 6.92 Å².